The molecule has 0 aliphatic rings. The van der Waals surface area contributed by atoms with E-state index in [2.05, 4.69) is 15.0 Å². The van der Waals surface area contributed by atoms with Crippen LogP contribution < -0.4 is 5.69 Å². The van der Waals surface area contributed by atoms with Crippen molar-refractivity contribution >= 4 is 0 Å². The predicted molar refractivity (Wildman–Crippen MR) is 44.6 cm³/mol. The highest BCUT2D eigenvalue weighted by molar-refractivity contribution is 5.56. The van der Waals surface area contributed by atoms with Gasteiger partial charge in [0.25, 0.3) is 0 Å². The average molecular weight is 161 g/mol. The lowest BCUT2D eigenvalue weighted by Crippen LogP contribution is -2.07. The maximum absolute atomic E-state index is 10.6. The Morgan fingerprint density at radius 1 is 1.33 bits per heavy atom. The van der Waals surface area contributed by atoms with Crippen LogP contribution in [0.3, 0.4) is 0 Å². The van der Waals surface area contributed by atoms with Crippen LogP contribution in [-0.2, 0) is 0 Å². The fraction of sp³-hybridized carbons (Fsp3) is 0. The first-order chi connectivity index (χ1) is 5.86. The van der Waals surface area contributed by atoms with Gasteiger partial charge in [0.2, 0.25) is 0 Å². The third kappa shape index (κ3) is 1.14. The minimum Gasteiger partial charge on any atom is -0.361 e. The number of H-pyrrole nitrogens is 2. The molecule has 2 N–H and O–H groups in total. The van der Waals surface area contributed by atoms with Gasteiger partial charge in [-0.3, -0.25) is 0 Å². The van der Waals surface area contributed by atoms with Crippen LogP contribution in [0.25, 0.3) is 11.3 Å². The van der Waals surface area contributed by atoms with Crippen molar-refractivity contribution in [2.24, 2.45) is 0 Å². The van der Waals surface area contributed by atoms with E-state index >= 15 is 0 Å². The number of nitrogens with one attached hydrogen (secondary N) is 2. The Bertz CT molecular complexity index is 396. The number of aromatic amines is 2. The van der Waals surface area contributed by atoms with Gasteiger partial charge in [0, 0.05) is 29.8 Å². The Kier molecular flexibility index (Phi) is 1.51. The van der Waals surface area contributed by atoms with Gasteiger partial charge < -0.3 is 9.97 Å². The molecule has 12 heavy (non-hydrogen) atoms. The summed E-state index contributed by atoms with van der Waals surface area (Å²) in [5, 5.41) is 0. The number of nitrogens with zero attached hydrogens (tertiary/aromatic N) is 1. The SMILES string of the molecule is O=c1ncc(-c2ccc[nH]2)c[nH]1. The smallest absolute Gasteiger partial charge is 0.344 e. The molecule has 0 unspecified atom stereocenters. The lowest BCUT2D eigenvalue weighted by atomic mass is 10.2. The fourth-order valence-corrected chi connectivity index (χ4v) is 0.999. The van der Waals surface area contributed by atoms with Gasteiger partial charge in [-0.2, -0.15) is 0 Å². The van der Waals surface area contributed by atoms with Crippen LogP contribution in [0.2, 0.25) is 0 Å². The van der Waals surface area contributed by atoms with Crippen LogP contribution in [0.15, 0.2) is 35.5 Å². The van der Waals surface area contributed by atoms with Crippen molar-refractivity contribution in [1.29, 1.82) is 0 Å². The monoisotopic (exact) mass is 161 g/mol. The molecule has 4 nitrogen and oxygen atoms in total. The predicted octanol–water partition coefficient (Wildman–Crippen LogP) is 0.765. The molecule has 2 rings (SSSR count). The summed E-state index contributed by atoms with van der Waals surface area (Å²) in [6.45, 7) is 0. The van der Waals surface area contributed by atoms with E-state index in [4.69, 9.17) is 0 Å². The second kappa shape index (κ2) is 2.65. The van der Waals surface area contributed by atoms with Crippen molar-refractivity contribution < 1.29 is 0 Å². The van der Waals surface area contributed by atoms with Gasteiger partial charge in [0.15, 0.2) is 0 Å². The maximum Gasteiger partial charge on any atom is 0.344 e. The van der Waals surface area contributed by atoms with Crippen molar-refractivity contribution in [2.75, 3.05) is 0 Å². The highest BCUT2D eigenvalue weighted by Crippen LogP contribution is 2.11. The molecule has 2 heterocycles. The lowest BCUT2D eigenvalue weighted by Gasteiger charge is -1.93. The third-order valence-corrected chi connectivity index (χ3v) is 1.58. The Hall–Kier alpha value is -1.84. The van der Waals surface area contributed by atoms with E-state index in [-0.39, 0.29) is 5.69 Å². The number of hydrogen-bond donors (Lipinski definition) is 2. The summed E-state index contributed by atoms with van der Waals surface area (Å²) in [7, 11) is 0. The largest absolute Gasteiger partial charge is 0.361 e. The Labute approximate surface area is 68.3 Å². The second-order valence-electron chi connectivity index (χ2n) is 2.39. The number of aromatic nitrogens is 3. The van der Waals surface area contributed by atoms with E-state index in [1.807, 2.05) is 18.3 Å². The molecule has 0 atom stereocenters. The van der Waals surface area contributed by atoms with Gasteiger partial charge in [0.05, 0.1) is 0 Å². The minimum atomic E-state index is -0.328. The van der Waals surface area contributed by atoms with Crippen molar-refractivity contribution in [3.8, 4) is 11.3 Å². The molecule has 2 aromatic rings. The van der Waals surface area contributed by atoms with Crippen LogP contribution in [-0.4, -0.2) is 15.0 Å². The molecular formula is C8H7N3O. The van der Waals surface area contributed by atoms with Gasteiger partial charge in [-0.05, 0) is 12.1 Å². The quantitative estimate of drug-likeness (QED) is 0.648. The first kappa shape index (κ1) is 6.84. The molecule has 0 spiro atoms. The van der Waals surface area contributed by atoms with Gasteiger partial charge in [-0.1, -0.05) is 0 Å². The molecule has 0 fully saturated rings. The molecule has 0 amide bonds. The number of hydrogen-bond acceptors (Lipinski definition) is 2. The van der Waals surface area contributed by atoms with Gasteiger partial charge in [-0.25, -0.2) is 9.78 Å². The summed E-state index contributed by atoms with van der Waals surface area (Å²) in [5.41, 5.74) is 1.49. The van der Waals surface area contributed by atoms with Crippen LogP contribution in [0.1, 0.15) is 0 Å². The zero-order valence-corrected chi connectivity index (χ0v) is 6.24. The first-order valence-electron chi connectivity index (χ1n) is 3.55. The topological polar surface area (TPSA) is 61.5 Å². The molecule has 0 saturated heterocycles. The highest BCUT2D eigenvalue weighted by Gasteiger charge is 1.96. The Morgan fingerprint density at radius 2 is 2.25 bits per heavy atom. The van der Waals surface area contributed by atoms with Crippen LogP contribution >= 0.6 is 0 Å². The molecule has 0 aromatic carbocycles. The Balaban J connectivity index is 2.49. The van der Waals surface area contributed by atoms with Gasteiger partial charge in [-0.15, -0.1) is 0 Å². The molecule has 60 valence electrons. The summed E-state index contributed by atoms with van der Waals surface area (Å²) >= 11 is 0. The van der Waals surface area contributed by atoms with Gasteiger partial charge in [0.1, 0.15) is 0 Å². The van der Waals surface area contributed by atoms with Crippen molar-refractivity contribution in [1.82, 2.24) is 15.0 Å². The average Bonchev–Trinajstić information content (AvgIpc) is 2.58. The zero-order chi connectivity index (χ0) is 8.39. The molecule has 0 bridgehead atoms. The van der Waals surface area contributed by atoms with Crippen molar-refractivity contribution in [3.63, 3.8) is 0 Å². The molecule has 4 heteroatoms. The van der Waals surface area contributed by atoms with E-state index in [0.717, 1.165) is 11.3 Å². The van der Waals surface area contributed by atoms with E-state index in [0.29, 0.717) is 0 Å². The summed E-state index contributed by atoms with van der Waals surface area (Å²) in [4.78, 5) is 19.7. The first-order valence-corrected chi connectivity index (χ1v) is 3.55. The van der Waals surface area contributed by atoms with E-state index in [1.54, 1.807) is 6.20 Å². The van der Waals surface area contributed by atoms with Crippen LogP contribution in [0.4, 0.5) is 0 Å². The molecule has 0 aliphatic heterocycles. The van der Waals surface area contributed by atoms with Crippen molar-refractivity contribution in [2.45, 2.75) is 0 Å². The van der Waals surface area contributed by atoms with E-state index in [9.17, 15) is 4.79 Å². The normalized spacial score (nSPS) is 10.0. The number of rotatable bonds is 1. The van der Waals surface area contributed by atoms with Crippen molar-refractivity contribution in [3.05, 3.63) is 41.2 Å². The van der Waals surface area contributed by atoms with E-state index < -0.39 is 0 Å². The molecule has 2 aromatic heterocycles. The highest BCUT2D eigenvalue weighted by atomic mass is 16.1. The third-order valence-electron chi connectivity index (χ3n) is 1.58. The van der Waals surface area contributed by atoms with Gasteiger partial charge >= 0.3 is 5.69 Å². The second-order valence-corrected chi connectivity index (χ2v) is 2.39. The minimum absolute atomic E-state index is 0.328. The summed E-state index contributed by atoms with van der Waals surface area (Å²) in [6, 6.07) is 3.80. The lowest BCUT2D eigenvalue weighted by molar-refractivity contribution is 1.07. The summed E-state index contributed by atoms with van der Waals surface area (Å²) < 4.78 is 0. The zero-order valence-electron chi connectivity index (χ0n) is 6.24. The van der Waals surface area contributed by atoms with E-state index in [1.165, 1.54) is 6.20 Å². The Morgan fingerprint density at radius 3 is 2.83 bits per heavy atom. The summed E-state index contributed by atoms with van der Waals surface area (Å²) in [5.74, 6) is 0. The molecular weight excluding hydrogens is 154 g/mol. The molecule has 0 radical (unpaired) electrons. The maximum atomic E-state index is 10.6. The molecule has 0 aliphatic carbocycles. The summed E-state index contributed by atoms with van der Waals surface area (Å²) in [6.07, 6.45) is 4.98. The molecule has 0 saturated carbocycles. The van der Waals surface area contributed by atoms with Crippen LogP contribution in [0.5, 0.6) is 0 Å². The van der Waals surface area contributed by atoms with Crippen LogP contribution in [0, 0.1) is 0 Å². The standard InChI is InChI=1S/C8H7N3O/c12-8-10-4-6(5-11-8)7-2-1-3-9-7/h1-5,9H,(H,10,11,12). The fourth-order valence-electron chi connectivity index (χ4n) is 0.999.